The van der Waals surface area contributed by atoms with E-state index >= 15 is 0 Å². The van der Waals surface area contributed by atoms with Gasteiger partial charge in [0.05, 0.1) is 34.9 Å². The van der Waals surface area contributed by atoms with Crippen LogP contribution in [0.3, 0.4) is 0 Å². The fourth-order valence-electron chi connectivity index (χ4n) is 4.17. The van der Waals surface area contributed by atoms with Crippen LogP contribution >= 0.6 is 0 Å². The maximum Gasteiger partial charge on any atom is 0.376 e. The van der Waals surface area contributed by atoms with Crippen LogP contribution in [0.25, 0.3) is 22.4 Å². The van der Waals surface area contributed by atoms with Crippen molar-refractivity contribution in [1.82, 2.24) is 29.3 Å². The molecule has 4 aromatic rings. The van der Waals surface area contributed by atoms with Gasteiger partial charge in [-0.05, 0) is 37.2 Å². The molecule has 0 bridgehead atoms. The van der Waals surface area contributed by atoms with E-state index in [1.165, 1.54) is 0 Å². The maximum absolute atomic E-state index is 13.1. The Morgan fingerprint density at radius 2 is 1.91 bits per heavy atom. The van der Waals surface area contributed by atoms with E-state index in [4.69, 9.17) is 0 Å². The molecule has 4 heterocycles. The van der Waals surface area contributed by atoms with Crippen LogP contribution in [0.2, 0.25) is 6.82 Å². The molecule has 1 aliphatic heterocycles. The van der Waals surface area contributed by atoms with Gasteiger partial charge in [-0.2, -0.15) is 0 Å². The number of nitrogens with one attached hydrogen (secondary N) is 1. The normalized spacial score (nSPS) is 14.4. The Bertz CT molecular complexity index is 1330. The Morgan fingerprint density at radius 3 is 2.71 bits per heavy atom. The van der Waals surface area contributed by atoms with Gasteiger partial charge in [-0.15, -0.1) is 0 Å². The molecule has 0 saturated carbocycles. The van der Waals surface area contributed by atoms with Gasteiger partial charge in [-0.1, -0.05) is 0 Å². The predicted molar refractivity (Wildman–Crippen MR) is 132 cm³/mol. The number of aryl methyl sites for hydroxylation is 1. The zero-order valence-corrected chi connectivity index (χ0v) is 19.1. The summed E-state index contributed by atoms with van der Waals surface area (Å²) in [5, 5.41) is 12.8. The number of carbonyl (C=O) groups excluding carboxylic acids is 1. The Labute approximate surface area is 197 Å². The highest BCUT2D eigenvalue weighted by Crippen LogP contribution is 2.27. The van der Waals surface area contributed by atoms with E-state index in [0.29, 0.717) is 11.5 Å². The summed E-state index contributed by atoms with van der Waals surface area (Å²) < 4.78 is 1.93. The number of imidazole rings is 1. The van der Waals surface area contributed by atoms with Gasteiger partial charge < -0.3 is 24.6 Å². The van der Waals surface area contributed by atoms with E-state index < -0.39 is 7.05 Å². The third-order valence-corrected chi connectivity index (χ3v) is 6.10. The second kappa shape index (κ2) is 9.20. The minimum atomic E-state index is -0.468. The van der Waals surface area contributed by atoms with Crippen LogP contribution in [0.1, 0.15) is 10.5 Å². The highest BCUT2D eigenvalue weighted by atomic mass is 16.2. The predicted octanol–water partition coefficient (Wildman–Crippen LogP) is 1.91. The summed E-state index contributed by atoms with van der Waals surface area (Å²) in [4.78, 5) is 34.7. The summed E-state index contributed by atoms with van der Waals surface area (Å²) in [5.74, 6) is 0.138. The largest absolute Gasteiger partial charge is 0.437 e. The molecule has 1 saturated heterocycles. The van der Waals surface area contributed by atoms with Crippen LogP contribution in [0.5, 0.6) is 0 Å². The number of carbonyl (C=O) groups is 1. The lowest BCUT2D eigenvalue weighted by Gasteiger charge is -2.37. The molecule has 0 aliphatic carbocycles. The van der Waals surface area contributed by atoms with Crippen LogP contribution in [0.15, 0.2) is 55.2 Å². The molecule has 0 radical (unpaired) electrons. The number of rotatable bonds is 5. The molecular weight excluding hydrogens is 431 g/mol. The SMILES string of the molecule is CB(O)N1CCN(c2ccncc2NC(=O)c2ccnc(-c3ccc4ncn(C)c4c3)n2)CC1. The molecule has 0 atom stereocenters. The van der Waals surface area contributed by atoms with Crippen molar-refractivity contribution >= 4 is 35.4 Å². The second-order valence-corrected chi connectivity index (χ2v) is 8.33. The Morgan fingerprint density at radius 1 is 1.09 bits per heavy atom. The van der Waals surface area contributed by atoms with Crippen molar-refractivity contribution in [3.63, 3.8) is 0 Å². The first-order chi connectivity index (χ1) is 16.5. The van der Waals surface area contributed by atoms with Gasteiger partial charge >= 0.3 is 7.05 Å². The number of benzene rings is 1. The first-order valence-corrected chi connectivity index (χ1v) is 11.2. The lowest BCUT2D eigenvalue weighted by molar-refractivity contribution is 0.102. The average molecular weight is 456 g/mol. The fourth-order valence-corrected chi connectivity index (χ4v) is 4.17. The summed E-state index contributed by atoms with van der Waals surface area (Å²) in [5.41, 5.74) is 4.44. The molecule has 5 rings (SSSR count). The monoisotopic (exact) mass is 456 g/mol. The Balaban J connectivity index is 1.36. The quantitative estimate of drug-likeness (QED) is 0.438. The van der Waals surface area contributed by atoms with E-state index in [0.717, 1.165) is 48.5 Å². The summed E-state index contributed by atoms with van der Waals surface area (Å²) >= 11 is 0. The lowest BCUT2D eigenvalue weighted by Crippen LogP contribution is -2.51. The van der Waals surface area contributed by atoms with Crippen LogP contribution in [0, 0.1) is 0 Å². The lowest BCUT2D eigenvalue weighted by atomic mass is 9.84. The summed E-state index contributed by atoms with van der Waals surface area (Å²) in [6, 6.07) is 9.27. The number of nitrogens with zero attached hydrogens (tertiary/aromatic N) is 7. The number of hydrogen-bond donors (Lipinski definition) is 2. The van der Waals surface area contributed by atoms with Crippen molar-refractivity contribution in [2.24, 2.45) is 7.05 Å². The summed E-state index contributed by atoms with van der Waals surface area (Å²) in [6.45, 7) is 4.74. The van der Waals surface area contributed by atoms with Gasteiger partial charge in [0.1, 0.15) is 5.69 Å². The zero-order chi connectivity index (χ0) is 23.7. The summed E-state index contributed by atoms with van der Waals surface area (Å²) in [6.07, 6.45) is 6.70. The Kier molecular flexibility index (Phi) is 5.95. The van der Waals surface area contributed by atoms with Gasteiger partial charge in [0.2, 0.25) is 0 Å². The minimum Gasteiger partial charge on any atom is -0.437 e. The molecule has 1 aromatic carbocycles. The van der Waals surface area contributed by atoms with E-state index in [-0.39, 0.29) is 11.6 Å². The molecular formula is C23H25BN8O2. The first-order valence-electron chi connectivity index (χ1n) is 11.2. The molecule has 1 aliphatic rings. The standard InChI is InChI=1S/C23H25BN8O2/c1-24(34)32-11-9-31(10-12-32)20-6-7-25-14-19(20)29-23(33)18-5-8-26-22(28-18)16-3-4-17-21(13-16)30(2)15-27-17/h3-8,13-15,34H,9-12H2,1-2H3,(H,29,33). The fraction of sp³-hybridized carbons (Fsp3) is 0.261. The van der Waals surface area contributed by atoms with Crippen LogP contribution in [-0.4, -0.2) is 73.5 Å². The molecule has 34 heavy (non-hydrogen) atoms. The molecule has 10 nitrogen and oxygen atoms in total. The van der Waals surface area contributed by atoms with Crippen molar-refractivity contribution in [2.45, 2.75) is 6.82 Å². The number of aromatic nitrogens is 5. The van der Waals surface area contributed by atoms with Crippen molar-refractivity contribution in [2.75, 3.05) is 36.4 Å². The summed E-state index contributed by atoms with van der Waals surface area (Å²) in [7, 11) is 1.46. The molecule has 3 aromatic heterocycles. The molecule has 1 fully saturated rings. The molecule has 0 unspecified atom stereocenters. The molecule has 1 amide bonds. The van der Waals surface area contributed by atoms with Gasteiger partial charge in [0, 0.05) is 51.2 Å². The van der Waals surface area contributed by atoms with Gasteiger partial charge in [0.25, 0.3) is 5.91 Å². The third-order valence-electron chi connectivity index (χ3n) is 6.10. The number of amides is 1. The molecule has 172 valence electrons. The van der Waals surface area contributed by atoms with Gasteiger partial charge in [-0.3, -0.25) is 9.78 Å². The van der Waals surface area contributed by atoms with E-state index in [1.807, 2.05) is 40.7 Å². The highest BCUT2D eigenvalue weighted by molar-refractivity contribution is 6.45. The Hall–Kier alpha value is -3.83. The minimum absolute atomic E-state index is 0.267. The van der Waals surface area contributed by atoms with Crippen LogP contribution in [0.4, 0.5) is 11.4 Å². The molecule has 0 spiro atoms. The smallest absolute Gasteiger partial charge is 0.376 e. The van der Waals surface area contributed by atoms with Gasteiger partial charge in [0.15, 0.2) is 5.82 Å². The van der Waals surface area contributed by atoms with E-state index in [1.54, 1.807) is 37.8 Å². The second-order valence-electron chi connectivity index (χ2n) is 8.33. The van der Waals surface area contributed by atoms with Crippen molar-refractivity contribution < 1.29 is 9.82 Å². The third kappa shape index (κ3) is 4.35. The van der Waals surface area contributed by atoms with E-state index in [2.05, 4.69) is 30.2 Å². The van der Waals surface area contributed by atoms with Crippen molar-refractivity contribution in [1.29, 1.82) is 0 Å². The topological polar surface area (TPSA) is 112 Å². The molecule has 2 N–H and O–H groups in total. The highest BCUT2D eigenvalue weighted by Gasteiger charge is 2.24. The maximum atomic E-state index is 13.1. The number of piperazine rings is 1. The van der Waals surface area contributed by atoms with Crippen molar-refractivity contribution in [3.8, 4) is 11.4 Å². The zero-order valence-electron chi connectivity index (χ0n) is 19.1. The van der Waals surface area contributed by atoms with E-state index in [9.17, 15) is 9.82 Å². The van der Waals surface area contributed by atoms with Crippen molar-refractivity contribution in [3.05, 3.63) is 60.9 Å². The number of anilines is 2. The first kappa shape index (κ1) is 22.0. The number of hydrogen-bond acceptors (Lipinski definition) is 8. The van der Waals surface area contributed by atoms with Crippen LogP contribution in [-0.2, 0) is 7.05 Å². The average Bonchev–Trinajstić information content (AvgIpc) is 3.24. The number of fused-ring (bicyclic) bond motifs is 1. The van der Waals surface area contributed by atoms with Gasteiger partial charge in [-0.25, -0.2) is 15.0 Å². The molecule has 11 heteroatoms. The number of pyridine rings is 1. The van der Waals surface area contributed by atoms with Crippen LogP contribution < -0.4 is 10.2 Å².